The summed E-state index contributed by atoms with van der Waals surface area (Å²) in [6.07, 6.45) is -5.00. The molecule has 2 rings (SSSR count). The van der Waals surface area contributed by atoms with Crippen LogP contribution in [0.25, 0.3) is 0 Å². The number of rotatable bonds is 3. The zero-order valence-corrected chi connectivity index (χ0v) is 11.5. The first-order valence-corrected chi connectivity index (χ1v) is 6.33. The molecule has 0 saturated carbocycles. The van der Waals surface area contributed by atoms with Gasteiger partial charge in [-0.3, -0.25) is 4.98 Å². The lowest BCUT2D eigenvalue weighted by Gasteiger charge is -2.37. The number of hydrogen-bond acceptors (Lipinski definition) is 2. The minimum Gasteiger partial charge on any atom is -0.373 e. The first-order chi connectivity index (χ1) is 10.1. The maximum absolute atomic E-state index is 14.1. The Bertz CT molecular complexity index is 662. The van der Waals surface area contributed by atoms with E-state index in [1.165, 1.54) is 24.3 Å². The third kappa shape index (κ3) is 2.44. The summed E-state index contributed by atoms with van der Waals surface area (Å²) < 4.78 is 66.7. The van der Waals surface area contributed by atoms with Gasteiger partial charge in [0.05, 0.1) is 5.69 Å². The summed E-state index contributed by atoms with van der Waals surface area (Å²) in [5.41, 5.74) is -5.38. The monoisotopic (exact) mass is 337 g/mol. The molecule has 0 radical (unpaired) electrons. The summed E-state index contributed by atoms with van der Waals surface area (Å²) in [6, 6.07) is 7.94. The molecule has 0 spiro atoms. The summed E-state index contributed by atoms with van der Waals surface area (Å²) in [4.78, 5) is 3.46. The Morgan fingerprint density at radius 2 is 1.50 bits per heavy atom. The van der Waals surface area contributed by atoms with Crippen LogP contribution >= 0.6 is 11.6 Å². The highest BCUT2D eigenvalue weighted by molar-refractivity contribution is 6.31. The second-order valence-electron chi connectivity index (χ2n) is 4.48. The predicted octanol–water partition coefficient (Wildman–Crippen LogP) is 4.17. The summed E-state index contributed by atoms with van der Waals surface area (Å²) in [6.45, 7) is 0. The molecule has 118 valence electrons. The quantitative estimate of drug-likeness (QED) is 0.853. The summed E-state index contributed by atoms with van der Waals surface area (Å²) >= 11 is 5.73. The topological polar surface area (TPSA) is 33.1 Å². The van der Waals surface area contributed by atoms with Gasteiger partial charge in [-0.05, 0) is 18.2 Å². The maximum Gasteiger partial charge on any atom is 0.457 e. The van der Waals surface area contributed by atoms with Crippen molar-refractivity contribution in [3.05, 3.63) is 64.9 Å². The number of aromatic nitrogens is 1. The van der Waals surface area contributed by atoms with Gasteiger partial charge in [0.25, 0.3) is 0 Å². The minimum absolute atomic E-state index is 0.431. The van der Waals surface area contributed by atoms with Gasteiger partial charge >= 0.3 is 12.1 Å². The highest BCUT2D eigenvalue weighted by Crippen LogP contribution is 2.52. The lowest BCUT2D eigenvalue weighted by Crippen LogP contribution is -2.56. The van der Waals surface area contributed by atoms with Crippen molar-refractivity contribution in [3.8, 4) is 0 Å². The normalized spacial score (nSPS) is 15.4. The third-order valence-electron chi connectivity index (χ3n) is 3.11. The molecule has 1 unspecified atom stereocenters. The van der Waals surface area contributed by atoms with E-state index >= 15 is 0 Å². The molecular formula is C14H9ClF5NO. The average molecular weight is 338 g/mol. The Balaban J connectivity index is 2.80. The molecule has 0 fully saturated rings. The highest BCUT2D eigenvalue weighted by atomic mass is 35.5. The van der Waals surface area contributed by atoms with Gasteiger partial charge in [0.1, 0.15) is 0 Å². The van der Waals surface area contributed by atoms with E-state index in [9.17, 15) is 27.1 Å². The lowest BCUT2D eigenvalue weighted by atomic mass is 9.83. The molecule has 22 heavy (non-hydrogen) atoms. The SMILES string of the molecule is OC(c1ccccn1)(c1ccccc1Cl)C(F)(F)C(F)(F)F. The zero-order valence-electron chi connectivity index (χ0n) is 10.8. The molecule has 1 heterocycles. The van der Waals surface area contributed by atoms with E-state index in [2.05, 4.69) is 4.98 Å². The first kappa shape index (κ1) is 16.6. The van der Waals surface area contributed by atoms with Gasteiger partial charge in [-0.25, -0.2) is 0 Å². The van der Waals surface area contributed by atoms with Crippen molar-refractivity contribution in [1.82, 2.24) is 4.98 Å². The number of hydrogen-bond donors (Lipinski definition) is 1. The fraction of sp³-hybridized carbons (Fsp3) is 0.214. The molecule has 0 saturated heterocycles. The van der Waals surface area contributed by atoms with Gasteiger partial charge in [0.2, 0.25) is 5.60 Å². The molecule has 0 aliphatic rings. The van der Waals surface area contributed by atoms with E-state index in [0.29, 0.717) is 0 Å². The molecule has 0 bridgehead atoms. The van der Waals surface area contributed by atoms with Crippen LogP contribution in [0, 0.1) is 0 Å². The molecule has 1 aromatic carbocycles. The van der Waals surface area contributed by atoms with Crippen LogP contribution in [0.1, 0.15) is 11.3 Å². The molecule has 1 atom stereocenters. The standard InChI is InChI=1S/C14H9ClF5NO/c15-10-6-2-1-5-9(10)12(22,11-7-3-4-8-21-11)13(16,17)14(18,19)20/h1-8,22H. The van der Waals surface area contributed by atoms with Crippen LogP contribution in [0.4, 0.5) is 22.0 Å². The van der Waals surface area contributed by atoms with Crippen molar-refractivity contribution in [1.29, 1.82) is 0 Å². The van der Waals surface area contributed by atoms with E-state index in [1.807, 2.05) is 0 Å². The second-order valence-corrected chi connectivity index (χ2v) is 4.88. The molecule has 1 N–H and O–H groups in total. The molecule has 2 aromatic rings. The highest BCUT2D eigenvalue weighted by Gasteiger charge is 2.72. The smallest absolute Gasteiger partial charge is 0.373 e. The van der Waals surface area contributed by atoms with Crippen molar-refractivity contribution in [2.75, 3.05) is 0 Å². The van der Waals surface area contributed by atoms with E-state index in [1.54, 1.807) is 0 Å². The molecule has 0 aliphatic heterocycles. The van der Waals surface area contributed by atoms with Crippen LogP contribution in [-0.4, -0.2) is 22.2 Å². The van der Waals surface area contributed by atoms with Crippen LogP contribution in [0.3, 0.4) is 0 Å². The number of halogens is 6. The average Bonchev–Trinajstić information content (AvgIpc) is 2.46. The van der Waals surface area contributed by atoms with Gasteiger partial charge in [-0.15, -0.1) is 0 Å². The maximum atomic E-state index is 14.1. The molecule has 0 amide bonds. The Hall–Kier alpha value is -1.73. The fourth-order valence-corrected chi connectivity index (χ4v) is 2.28. The van der Waals surface area contributed by atoms with Gasteiger partial charge in [0.15, 0.2) is 0 Å². The van der Waals surface area contributed by atoms with Crippen LogP contribution in [0.15, 0.2) is 48.7 Å². The van der Waals surface area contributed by atoms with Crippen LogP contribution < -0.4 is 0 Å². The van der Waals surface area contributed by atoms with Crippen molar-refractivity contribution < 1.29 is 27.1 Å². The van der Waals surface area contributed by atoms with E-state index in [0.717, 1.165) is 24.4 Å². The van der Waals surface area contributed by atoms with Crippen molar-refractivity contribution >= 4 is 11.6 Å². The van der Waals surface area contributed by atoms with Crippen molar-refractivity contribution in [2.24, 2.45) is 0 Å². The Morgan fingerprint density at radius 3 is 2.00 bits per heavy atom. The van der Waals surface area contributed by atoms with Gasteiger partial charge < -0.3 is 5.11 Å². The summed E-state index contributed by atoms with van der Waals surface area (Å²) in [7, 11) is 0. The number of pyridine rings is 1. The largest absolute Gasteiger partial charge is 0.457 e. The minimum atomic E-state index is -6.00. The summed E-state index contributed by atoms with van der Waals surface area (Å²) in [5.74, 6) is -5.50. The molecule has 0 aliphatic carbocycles. The van der Waals surface area contributed by atoms with Crippen molar-refractivity contribution in [3.63, 3.8) is 0 Å². The molecule has 2 nitrogen and oxygen atoms in total. The Kier molecular flexibility index (Phi) is 4.14. The van der Waals surface area contributed by atoms with E-state index in [-0.39, 0.29) is 0 Å². The number of nitrogens with zero attached hydrogens (tertiary/aromatic N) is 1. The Morgan fingerprint density at radius 1 is 0.909 bits per heavy atom. The Labute approximate surface area is 127 Å². The van der Waals surface area contributed by atoms with E-state index < -0.39 is 34.0 Å². The van der Waals surface area contributed by atoms with E-state index in [4.69, 9.17) is 11.6 Å². The fourth-order valence-electron chi connectivity index (χ4n) is 2.00. The number of aliphatic hydroxyl groups is 1. The lowest BCUT2D eigenvalue weighted by molar-refractivity contribution is -0.337. The van der Waals surface area contributed by atoms with Crippen molar-refractivity contribution in [2.45, 2.75) is 17.7 Å². The second kappa shape index (κ2) is 5.48. The van der Waals surface area contributed by atoms with Crippen LogP contribution in [0.5, 0.6) is 0 Å². The van der Waals surface area contributed by atoms with Gasteiger partial charge in [-0.2, -0.15) is 22.0 Å². The molecule has 1 aromatic heterocycles. The third-order valence-corrected chi connectivity index (χ3v) is 3.44. The number of alkyl halides is 5. The number of benzene rings is 1. The zero-order chi connectivity index (χ0) is 16.6. The van der Waals surface area contributed by atoms with Crippen LogP contribution in [-0.2, 0) is 5.60 Å². The first-order valence-electron chi connectivity index (χ1n) is 5.96. The van der Waals surface area contributed by atoms with Gasteiger partial charge in [0, 0.05) is 16.8 Å². The summed E-state index contributed by atoms with van der Waals surface area (Å²) in [5, 5.41) is 9.95. The predicted molar refractivity (Wildman–Crippen MR) is 69.7 cm³/mol. The van der Waals surface area contributed by atoms with Crippen LogP contribution in [0.2, 0.25) is 5.02 Å². The molecule has 8 heteroatoms. The van der Waals surface area contributed by atoms with Gasteiger partial charge in [-0.1, -0.05) is 35.9 Å². The molecular weight excluding hydrogens is 329 g/mol.